The van der Waals surface area contributed by atoms with Gasteiger partial charge in [-0.1, -0.05) is 30.7 Å². The number of nitrogens with one attached hydrogen (secondary N) is 1. The highest BCUT2D eigenvalue weighted by molar-refractivity contribution is 7.89. The second kappa shape index (κ2) is 9.37. The van der Waals surface area contributed by atoms with Gasteiger partial charge in [-0.05, 0) is 67.6 Å². The summed E-state index contributed by atoms with van der Waals surface area (Å²) in [5.74, 6) is 0.515. The van der Waals surface area contributed by atoms with Crippen molar-refractivity contribution in [3.05, 3.63) is 58.6 Å². The zero-order valence-corrected chi connectivity index (χ0v) is 19.0. The molecule has 2 aromatic rings. The highest BCUT2D eigenvalue weighted by atomic mass is 35.5. The Kier molecular flexibility index (Phi) is 7.06. The SMILES string of the molecule is CC[C@@H](NC(=O)[C@H]1CCCN1S(=O)(=O)c1ccc(Cl)cc1)c1ccc(OC)c(C)c1. The van der Waals surface area contributed by atoms with Crippen LogP contribution in [-0.4, -0.2) is 38.3 Å². The molecular weight excluding hydrogens is 424 g/mol. The molecule has 0 radical (unpaired) electrons. The second-order valence-corrected chi connectivity index (χ2v) is 9.75. The Morgan fingerprint density at radius 3 is 2.57 bits per heavy atom. The molecule has 0 aromatic heterocycles. The van der Waals surface area contributed by atoms with Crippen molar-refractivity contribution in [2.75, 3.05) is 13.7 Å². The van der Waals surface area contributed by atoms with Crippen molar-refractivity contribution >= 4 is 27.5 Å². The van der Waals surface area contributed by atoms with Gasteiger partial charge in [0.1, 0.15) is 11.8 Å². The highest BCUT2D eigenvalue weighted by Crippen LogP contribution is 2.29. The molecule has 8 heteroatoms. The van der Waals surface area contributed by atoms with Gasteiger partial charge in [0.25, 0.3) is 0 Å². The first kappa shape index (κ1) is 22.6. The number of benzene rings is 2. The maximum atomic E-state index is 13.1. The van der Waals surface area contributed by atoms with Gasteiger partial charge in [0.05, 0.1) is 18.0 Å². The van der Waals surface area contributed by atoms with E-state index in [1.54, 1.807) is 19.2 Å². The number of rotatable bonds is 7. The zero-order chi connectivity index (χ0) is 21.9. The van der Waals surface area contributed by atoms with Gasteiger partial charge in [0.15, 0.2) is 0 Å². The molecule has 2 aromatic carbocycles. The fraction of sp³-hybridized carbons (Fsp3) is 0.409. The first-order valence-electron chi connectivity index (χ1n) is 10.00. The zero-order valence-electron chi connectivity index (χ0n) is 17.4. The third-order valence-corrected chi connectivity index (χ3v) is 7.65. The van der Waals surface area contributed by atoms with Crippen molar-refractivity contribution in [3.8, 4) is 5.75 Å². The molecule has 1 aliphatic rings. The predicted molar refractivity (Wildman–Crippen MR) is 117 cm³/mol. The van der Waals surface area contributed by atoms with E-state index in [-0.39, 0.29) is 16.8 Å². The summed E-state index contributed by atoms with van der Waals surface area (Å²) in [5, 5.41) is 3.51. The Labute approximate surface area is 183 Å². The Hall–Kier alpha value is -2.09. The van der Waals surface area contributed by atoms with Crippen molar-refractivity contribution in [1.29, 1.82) is 0 Å². The van der Waals surface area contributed by atoms with Crippen molar-refractivity contribution in [1.82, 2.24) is 9.62 Å². The van der Waals surface area contributed by atoms with E-state index in [4.69, 9.17) is 16.3 Å². The summed E-state index contributed by atoms with van der Waals surface area (Å²) in [7, 11) is -2.15. The van der Waals surface area contributed by atoms with E-state index >= 15 is 0 Å². The maximum Gasteiger partial charge on any atom is 0.243 e. The van der Waals surface area contributed by atoms with Crippen molar-refractivity contribution in [2.24, 2.45) is 0 Å². The molecule has 1 fully saturated rings. The van der Waals surface area contributed by atoms with Crippen LogP contribution in [0.1, 0.15) is 43.4 Å². The molecule has 1 saturated heterocycles. The number of sulfonamides is 1. The molecule has 6 nitrogen and oxygen atoms in total. The van der Waals surface area contributed by atoms with Crippen molar-refractivity contribution in [2.45, 2.75) is 50.1 Å². The number of hydrogen-bond donors (Lipinski definition) is 1. The summed E-state index contributed by atoms with van der Waals surface area (Å²) < 4.78 is 32.8. The molecule has 1 amide bonds. The molecule has 0 saturated carbocycles. The topological polar surface area (TPSA) is 75.7 Å². The largest absolute Gasteiger partial charge is 0.496 e. The van der Waals surface area contributed by atoms with Gasteiger partial charge in [0.2, 0.25) is 15.9 Å². The van der Waals surface area contributed by atoms with Crippen LogP contribution in [-0.2, 0) is 14.8 Å². The fourth-order valence-electron chi connectivity index (χ4n) is 3.84. The lowest BCUT2D eigenvalue weighted by Gasteiger charge is -2.26. The minimum Gasteiger partial charge on any atom is -0.496 e. The maximum absolute atomic E-state index is 13.1. The first-order valence-corrected chi connectivity index (χ1v) is 11.8. The van der Waals surface area contributed by atoms with Gasteiger partial charge >= 0.3 is 0 Å². The predicted octanol–water partition coefficient (Wildman–Crippen LogP) is 4.08. The molecule has 1 heterocycles. The van der Waals surface area contributed by atoms with Crippen LogP contribution in [0.3, 0.4) is 0 Å². The molecule has 0 bridgehead atoms. The first-order chi connectivity index (χ1) is 14.3. The number of carbonyl (C=O) groups excluding carboxylic acids is 1. The minimum atomic E-state index is -3.78. The van der Waals surface area contributed by atoms with Crippen LogP contribution in [0, 0.1) is 6.92 Å². The van der Waals surface area contributed by atoms with Crippen LogP contribution in [0.15, 0.2) is 47.4 Å². The molecule has 0 spiro atoms. The van der Waals surface area contributed by atoms with Gasteiger partial charge in [0, 0.05) is 11.6 Å². The van der Waals surface area contributed by atoms with Crippen LogP contribution in [0.4, 0.5) is 0 Å². The van der Waals surface area contributed by atoms with Gasteiger partial charge in [-0.2, -0.15) is 4.31 Å². The van der Waals surface area contributed by atoms with Crippen LogP contribution in [0.5, 0.6) is 5.75 Å². The summed E-state index contributed by atoms with van der Waals surface area (Å²) in [4.78, 5) is 13.2. The van der Waals surface area contributed by atoms with Gasteiger partial charge in [-0.3, -0.25) is 4.79 Å². The smallest absolute Gasteiger partial charge is 0.243 e. The minimum absolute atomic E-state index is 0.143. The average molecular weight is 451 g/mol. The standard InChI is InChI=1S/C22H27ClN2O4S/c1-4-19(16-7-12-21(29-3)15(2)14-16)24-22(26)20-6-5-13-25(20)30(27,28)18-10-8-17(23)9-11-18/h7-12,14,19-20H,4-6,13H2,1-3H3,(H,24,26)/t19-,20-/m1/s1. The Morgan fingerprint density at radius 1 is 1.27 bits per heavy atom. The summed E-state index contributed by atoms with van der Waals surface area (Å²) in [6, 6.07) is 10.9. The van der Waals surface area contributed by atoms with Crippen LogP contribution >= 0.6 is 11.6 Å². The van der Waals surface area contributed by atoms with Crippen molar-refractivity contribution in [3.63, 3.8) is 0 Å². The van der Waals surface area contributed by atoms with E-state index in [0.29, 0.717) is 30.8 Å². The van der Waals surface area contributed by atoms with Gasteiger partial charge < -0.3 is 10.1 Å². The lowest BCUT2D eigenvalue weighted by atomic mass is 10.0. The van der Waals surface area contributed by atoms with Crippen LogP contribution < -0.4 is 10.1 Å². The van der Waals surface area contributed by atoms with E-state index in [9.17, 15) is 13.2 Å². The third kappa shape index (κ3) is 4.63. The molecular formula is C22H27ClN2O4S. The number of carbonyl (C=O) groups is 1. The molecule has 162 valence electrons. The molecule has 2 atom stereocenters. The molecule has 1 aliphatic heterocycles. The number of nitrogens with zero attached hydrogens (tertiary/aromatic N) is 1. The number of aryl methyl sites for hydroxylation is 1. The van der Waals surface area contributed by atoms with Crippen LogP contribution in [0.2, 0.25) is 5.02 Å². The lowest BCUT2D eigenvalue weighted by molar-refractivity contribution is -0.125. The summed E-state index contributed by atoms with van der Waals surface area (Å²) in [6.07, 6.45) is 1.83. The summed E-state index contributed by atoms with van der Waals surface area (Å²) in [6.45, 7) is 4.26. The normalized spacial score (nSPS) is 18.2. The molecule has 3 rings (SSSR count). The van der Waals surface area contributed by atoms with Gasteiger partial charge in [-0.15, -0.1) is 0 Å². The Morgan fingerprint density at radius 2 is 1.97 bits per heavy atom. The van der Waals surface area contributed by atoms with Gasteiger partial charge in [-0.25, -0.2) is 8.42 Å². The number of methoxy groups -OCH3 is 1. The molecule has 0 aliphatic carbocycles. The summed E-state index contributed by atoms with van der Waals surface area (Å²) >= 11 is 5.88. The number of hydrogen-bond acceptors (Lipinski definition) is 4. The molecule has 1 N–H and O–H groups in total. The number of halogens is 1. The quantitative estimate of drug-likeness (QED) is 0.689. The van der Waals surface area contributed by atoms with E-state index in [2.05, 4.69) is 5.32 Å². The molecule has 30 heavy (non-hydrogen) atoms. The number of ether oxygens (including phenoxy) is 1. The Balaban J connectivity index is 1.79. The molecule has 0 unspecified atom stereocenters. The summed E-state index contributed by atoms with van der Waals surface area (Å²) in [5.41, 5.74) is 1.95. The number of amides is 1. The van der Waals surface area contributed by atoms with Crippen molar-refractivity contribution < 1.29 is 17.9 Å². The average Bonchev–Trinajstić information content (AvgIpc) is 3.23. The van der Waals surface area contributed by atoms with E-state index in [0.717, 1.165) is 16.9 Å². The second-order valence-electron chi connectivity index (χ2n) is 7.43. The fourth-order valence-corrected chi connectivity index (χ4v) is 5.62. The van der Waals surface area contributed by atoms with E-state index in [1.165, 1.54) is 16.4 Å². The Bertz CT molecular complexity index is 1010. The van der Waals surface area contributed by atoms with E-state index in [1.807, 2.05) is 32.0 Å². The lowest BCUT2D eigenvalue weighted by Crippen LogP contribution is -2.46. The van der Waals surface area contributed by atoms with E-state index < -0.39 is 16.1 Å². The monoisotopic (exact) mass is 450 g/mol. The third-order valence-electron chi connectivity index (χ3n) is 5.47. The van der Waals surface area contributed by atoms with Crippen LogP contribution in [0.25, 0.3) is 0 Å². The highest BCUT2D eigenvalue weighted by Gasteiger charge is 2.39.